The van der Waals surface area contributed by atoms with Gasteiger partial charge >= 0.3 is 5.97 Å². The van der Waals surface area contributed by atoms with Crippen molar-refractivity contribution in [1.82, 2.24) is 10.5 Å². The molecule has 0 radical (unpaired) electrons. The number of rotatable bonds is 6. The summed E-state index contributed by atoms with van der Waals surface area (Å²) in [6, 6.07) is 6.55. The van der Waals surface area contributed by atoms with Gasteiger partial charge in [0.05, 0.1) is 18.7 Å². The van der Waals surface area contributed by atoms with Gasteiger partial charge in [-0.05, 0) is 44.0 Å². The third-order valence-corrected chi connectivity index (χ3v) is 5.05. The molecule has 27 heavy (non-hydrogen) atoms. The van der Waals surface area contributed by atoms with Gasteiger partial charge in [0.25, 0.3) is 0 Å². The monoisotopic (exact) mass is 372 g/mol. The van der Waals surface area contributed by atoms with Gasteiger partial charge in [-0.25, -0.2) is 4.79 Å². The van der Waals surface area contributed by atoms with Crippen molar-refractivity contribution in [3.8, 4) is 17.0 Å². The van der Waals surface area contributed by atoms with Crippen LogP contribution in [0.5, 0.6) is 5.75 Å². The minimum Gasteiger partial charge on any atom is -0.497 e. The minimum atomic E-state index is -1.21. The number of carboxylic acid groups (broad SMARTS) is 1. The van der Waals surface area contributed by atoms with Crippen molar-refractivity contribution >= 4 is 11.9 Å². The highest BCUT2D eigenvalue weighted by molar-refractivity contribution is 5.89. The van der Waals surface area contributed by atoms with Gasteiger partial charge < -0.3 is 19.7 Å². The van der Waals surface area contributed by atoms with Crippen LogP contribution in [0.2, 0.25) is 0 Å². The number of nitrogens with zero attached hydrogens (tertiary/aromatic N) is 1. The number of hydrogen-bond donors (Lipinski definition) is 2. The quantitative estimate of drug-likeness (QED) is 0.799. The number of ether oxygens (including phenoxy) is 1. The fourth-order valence-corrected chi connectivity index (χ4v) is 3.58. The lowest BCUT2D eigenvalue weighted by atomic mass is 9.88. The van der Waals surface area contributed by atoms with Crippen molar-refractivity contribution in [2.45, 2.75) is 45.1 Å². The molecule has 7 heteroatoms. The van der Waals surface area contributed by atoms with Gasteiger partial charge in [0.1, 0.15) is 11.4 Å². The summed E-state index contributed by atoms with van der Waals surface area (Å²) in [6.45, 7) is 1.76. The molecule has 0 bridgehead atoms. The molecule has 1 atom stereocenters. The summed E-state index contributed by atoms with van der Waals surface area (Å²) in [5.74, 6) is -0.839. The molecule has 1 fully saturated rings. The van der Waals surface area contributed by atoms with Crippen molar-refractivity contribution in [2.24, 2.45) is 5.92 Å². The second kappa shape index (κ2) is 8.24. The van der Waals surface area contributed by atoms with Crippen LogP contribution in [0.4, 0.5) is 0 Å². The molecule has 1 aliphatic carbocycles. The Morgan fingerprint density at radius 1 is 1.22 bits per heavy atom. The lowest BCUT2D eigenvalue weighted by molar-refractivity contribution is -0.126. The van der Waals surface area contributed by atoms with Crippen molar-refractivity contribution in [2.75, 3.05) is 7.11 Å². The lowest BCUT2D eigenvalue weighted by Crippen LogP contribution is -2.34. The number of hydrogen-bond acceptors (Lipinski definition) is 5. The van der Waals surface area contributed by atoms with Crippen LogP contribution in [0.25, 0.3) is 11.3 Å². The van der Waals surface area contributed by atoms with E-state index in [2.05, 4.69) is 10.5 Å². The molecule has 1 aromatic heterocycles. The average molecular weight is 372 g/mol. The van der Waals surface area contributed by atoms with Crippen LogP contribution in [-0.2, 0) is 4.79 Å². The zero-order valence-corrected chi connectivity index (χ0v) is 15.5. The number of methoxy groups -OCH3 is 1. The Kier molecular flexibility index (Phi) is 5.78. The summed E-state index contributed by atoms with van der Waals surface area (Å²) in [4.78, 5) is 24.2. The minimum absolute atomic E-state index is 0.0150. The zero-order valence-electron chi connectivity index (χ0n) is 15.5. The number of carbonyl (C=O) groups is 2. The predicted octanol–water partition coefficient (Wildman–Crippen LogP) is 3.81. The van der Waals surface area contributed by atoms with Crippen molar-refractivity contribution < 1.29 is 24.0 Å². The van der Waals surface area contributed by atoms with E-state index in [-0.39, 0.29) is 17.6 Å². The third kappa shape index (κ3) is 4.13. The second-order valence-corrected chi connectivity index (χ2v) is 6.87. The topological polar surface area (TPSA) is 102 Å². The standard InChI is InChI=1S/C20H24N2O5/c1-12(21-19(23)14-6-4-3-5-7-14)16-17(22-27-18(16)20(24)25)13-8-10-15(26-2)11-9-13/h8-12,14H,3-7H2,1-2H3,(H,21,23)(H,24,25). The maximum Gasteiger partial charge on any atom is 0.375 e. The summed E-state index contributed by atoms with van der Waals surface area (Å²) < 4.78 is 10.2. The fourth-order valence-electron chi connectivity index (χ4n) is 3.58. The first-order valence-corrected chi connectivity index (χ1v) is 9.19. The van der Waals surface area contributed by atoms with E-state index >= 15 is 0 Å². The highest BCUT2D eigenvalue weighted by Crippen LogP contribution is 2.32. The number of carbonyl (C=O) groups excluding carboxylic acids is 1. The summed E-state index contributed by atoms with van der Waals surface area (Å²) in [5, 5.41) is 16.4. The van der Waals surface area contributed by atoms with Gasteiger partial charge in [0.15, 0.2) is 0 Å². The number of amides is 1. The Hall–Kier alpha value is -2.83. The molecule has 0 aliphatic heterocycles. The van der Waals surface area contributed by atoms with Crippen LogP contribution in [0.1, 0.15) is 61.2 Å². The Balaban J connectivity index is 1.88. The van der Waals surface area contributed by atoms with E-state index in [4.69, 9.17) is 9.26 Å². The number of carboxylic acids is 1. The van der Waals surface area contributed by atoms with Gasteiger partial charge in [0.2, 0.25) is 11.7 Å². The van der Waals surface area contributed by atoms with Gasteiger partial charge in [-0.15, -0.1) is 0 Å². The summed E-state index contributed by atoms with van der Waals surface area (Å²) in [5.41, 5.74) is 1.48. The number of nitrogens with one attached hydrogen (secondary N) is 1. The molecule has 3 rings (SSSR count). The normalized spacial score (nSPS) is 15.9. The molecule has 0 spiro atoms. The third-order valence-electron chi connectivity index (χ3n) is 5.05. The Morgan fingerprint density at radius 3 is 2.48 bits per heavy atom. The first-order chi connectivity index (χ1) is 13.0. The molecule has 2 aromatic rings. The zero-order chi connectivity index (χ0) is 19.4. The first-order valence-electron chi connectivity index (χ1n) is 9.19. The first kappa shape index (κ1) is 18.9. The van der Waals surface area contributed by atoms with E-state index in [1.165, 1.54) is 0 Å². The van der Waals surface area contributed by atoms with Gasteiger partial charge in [-0.2, -0.15) is 0 Å². The van der Waals surface area contributed by atoms with Crippen LogP contribution in [0, 0.1) is 5.92 Å². The van der Waals surface area contributed by atoms with Crippen LogP contribution >= 0.6 is 0 Å². The molecule has 1 aliphatic rings. The Labute approximate surface area is 157 Å². The van der Waals surface area contributed by atoms with Crippen LogP contribution < -0.4 is 10.1 Å². The smallest absolute Gasteiger partial charge is 0.375 e. The van der Waals surface area contributed by atoms with E-state index in [1.807, 2.05) is 0 Å². The maximum absolute atomic E-state index is 12.6. The van der Waals surface area contributed by atoms with Gasteiger partial charge in [0, 0.05) is 11.5 Å². The maximum atomic E-state index is 12.6. The van der Waals surface area contributed by atoms with E-state index in [9.17, 15) is 14.7 Å². The molecular weight excluding hydrogens is 348 g/mol. The number of benzene rings is 1. The summed E-state index contributed by atoms with van der Waals surface area (Å²) in [7, 11) is 1.57. The molecule has 1 amide bonds. The van der Waals surface area contributed by atoms with Crippen LogP contribution in [-0.4, -0.2) is 29.2 Å². The average Bonchev–Trinajstić information content (AvgIpc) is 3.14. The van der Waals surface area contributed by atoms with Gasteiger partial charge in [-0.3, -0.25) is 4.79 Å². The molecule has 7 nitrogen and oxygen atoms in total. The molecule has 2 N–H and O–H groups in total. The van der Waals surface area contributed by atoms with E-state index in [0.29, 0.717) is 22.6 Å². The Bertz CT molecular complexity index is 806. The SMILES string of the molecule is COc1ccc(-c2noc(C(=O)O)c2C(C)NC(=O)C2CCCCC2)cc1. The van der Waals surface area contributed by atoms with Crippen molar-refractivity contribution in [3.63, 3.8) is 0 Å². The second-order valence-electron chi connectivity index (χ2n) is 6.87. The van der Waals surface area contributed by atoms with Gasteiger partial charge in [-0.1, -0.05) is 24.4 Å². The van der Waals surface area contributed by atoms with E-state index in [0.717, 1.165) is 32.1 Å². The Morgan fingerprint density at radius 2 is 1.89 bits per heavy atom. The molecule has 144 valence electrons. The molecule has 1 heterocycles. The predicted molar refractivity (Wildman–Crippen MR) is 98.6 cm³/mol. The highest BCUT2D eigenvalue weighted by atomic mass is 16.5. The van der Waals surface area contributed by atoms with Crippen LogP contribution in [0.15, 0.2) is 28.8 Å². The largest absolute Gasteiger partial charge is 0.497 e. The summed E-state index contributed by atoms with van der Waals surface area (Å²) in [6.07, 6.45) is 5.02. The van der Waals surface area contributed by atoms with Crippen molar-refractivity contribution in [1.29, 1.82) is 0 Å². The van der Waals surface area contributed by atoms with Crippen LogP contribution in [0.3, 0.4) is 0 Å². The van der Waals surface area contributed by atoms with E-state index < -0.39 is 12.0 Å². The lowest BCUT2D eigenvalue weighted by Gasteiger charge is -2.23. The molecule has 1 saturated carbocycles. The number of aromatic carboxylic acids is 1. The van der Waals surface area contributed by atoms with Crippen molar-refractivity contribution in [3.05, 3.63) is 35.6 Å². The molecule has 1 unspecified atom stereocenters. The molecule has 0 saturated heterocycles. The molecule has 1 aromatic carbocycles. The highest BCUT2D eigenvalue weighted by Gasteiger charge is 2.30. The van der Waals surface area contributed by atoms with E-state index in [1.54, 1.807) is 38.3 Å². The number of aromatic nitrogens is 1. The fraction of sp³-hybridized carbons (Fsp3) is 0.450. The molecular formula is C20H24N2O5. The summed E-state index contributed by atoms with van der Waals surface area (Å²) >= 11 is 0.